The van der Waals surface area contributed by atoms with E-state index in [1.807, 2.05) is 70.9 Å². The number of sulfonamides is 1. The average molecular weight is 1420 g/mol. The highest BCUT2D eigenvalue weighted by molar-refractivity contribution is 14.1. The molecule has 0 saturated carbocycles. The van der Waals surface area contributed by atoms with E-state index in [0.29, 0.717) is 93.6 Å². The van der Waals surface area contributed by atoms with Crippen molar-refractivity contribution in [2.45, 2.75) is 117 Å². The molecule has 0 fully saturated rings. The van der Waals surface area contributed by atoms with Gasteiger partial charge in [-0.3, -0.25) is 4.72 Å². The van der Waals surface area contributed by atoms with E-state index in [0.717, 1.165) is 27.8 Å². The lowest BCUT2D eigenvalue weighted by Gasteiger charge is -2.11. The molecule has 486 valence electrons. The Bertz CT molecular complexity index is 4090. The zero-order valence-corrected chi connectivity index (χ0v) is 51.5. The molecule has 0 unspecified atom stereocenters. The monoisotopic (exact) mass is 1420 g/mol. The molecule has 9 rings (SSSR count). The molecule has 9 aromatic rings. The van der Waals surface area contributed by atoms with Crippen molar-refractivity contribution in [3.63, 3.8) is 0 Å². The maximum absolute atomic E-state index is 12.6. The lowest BCUT2D eigenvalue weighted by Crippen LogP contribution is -2.15. The van der Waals surface area contributed by atoms with Gasteiger partial charge < -0.3 is 39.4 Å². The fourth-order valence-electron chi connectivity index (χ4n) is 8.84. The number of fused-ring (bicyclic) bond motifs is 3. The molecule has 0 amide bonds. The molecule has 16 nitrogen and oxygen atoms in total. The number of hydrogen-bond acceptors (Lipinski definition) is 12. The largest absolute Gasteiger partial charge is 0.435 e. The molecule has 0 saturated heterocycles. The Kier molecular flexibility index (Phi) is 32.8. The molecule has 0 spiro atoms. The summed E-state index contributed by atoms with van der Waals surface area (Å²) in [6, 6.07) is 41.9. The van der Waals surface area contributed by atoms with E-state index in [1.165, 1.54) is 40.0 Å². The first-order valence-corrected chi connectivity index (χ1v) is 31.5. The van der Waals surface area contributed by atoms with Crippen LogP contribution in [0.4, 0.5) is 43.4 Å². The fourth-order valence-corrected chi connectivity index (χ4v) is 11.3. The molecule has 0 aliphatic rings. The fraction of sp³-hybridized carbons (Fsp3) is 0.297. The van der Waals surface area contributed by atoms with E-state index < -0.39 is 38.9 Å². The van der Waals surface area contributed by atoms with Crippen molar-refractivity contribution in [3.05, 3.63) is 154 Å². The van der Waals surface area contributed by atoms with Gasteiger partial charge >= 0.3 is 19.8 Å². The second kappa shape index (κ2) is 37.0. The molecule has 5 N–H and O–H groups in total. The molecule has 0 bridgehead atoms. The van der Waals surface area contributed by atoms with Gasteiger partial charge in [-0.1, -0.05) is 67.8 Å². The van der Waals surface area contributed by atoms with Crippen LogP contribution in [0.2, 0.25) is 0 Å². The Morgan fingerprint density at radius 3 is 1.23 bits per heavy atom. The Morgan fingerprint density at radius 1 is 0.533 bits per heavy atom. The Morgan fingerprint density at radius 2 is 0.911 bits per heavy atom. The number of alkyl halides is 6. The van der Waals surface area contributed by atoms with Gasteiger partial charge in [0.1, 0.15) is 35.5 Å². The van der Waals surface area contributed by atoms with E-state index in [1.54, 1.807) is 74.6 Å². The highest BCUT2D eigenvalue weighted by Gasteiger charge is 2.22. The van der Waals surface area contributed by atoms with E-state index in [-0.39, 0.29) is 58.5 Å². The highest BCUT2D eigenvalue weighted by Crippen LogP contribution is 2.38. The Balaban J connectivity index is 0.000000605. The van der Waals surface area contributed by atoms with Gasteiger partial charge in [0.05, 0.1) is 56.1 Å². The molecule has 0 aliphatic heterocycles. The van der Waals surface area contributed by atoms with Crippen LogP contribution in [0.3, 0.4) is 0 Å². The number of benzene rings is 6. The zero-order chi connectivity index (χ0) is 63.5. The molecule has 26 heteroatoms. The summed E-state index contributed by atoms with van der Waals surface area (Å²) in [5.74, 6) is 0.291. The predicted molar refractivity (Wildman–Crippen MR) is 360 cm³/mol. The van der Waals surface area contributed by atoms with Crippen molar-refractivity contribution in [1.29, 1.82) is 15.8 Å². The second-order valence-electron chi connectivity index (χ2n) is 18.2. The van der Waals surface area contributed by atoms with Gasteiger partial charge in [0.2, 0.25) is 19.1 Å². The molecule has 6 aromatic carbocycles. The smallest absolute Gasteiger partial charge is 0.387 e. The minimum Gasteiger partial charge on any atom is -0.435 e. The SMILES string of the molecule is C.C.C.C.CCCS(=O)(=O)Cl.CCCS(=O)(=O)Nc1ccc(-c2c(C#N)c3ccc(OC(F)F)cc3n2CC)cc1.CCn1c(-c2ccc(N)cc2)c(C#N)c2ccc(OC(F)F)cc21.CCn1cc(C#N)c2ccc(OC(F)F)cc21.Nc1ccc(I)cc1. The maximum atomic E-state index is 12.6. The lowest BCUT2D eigenvalue weighted by atomic mass is 10.1. The normalized spacial score (nSPS) is 10.5. The molecular formula is C64H75ClF6IN9O7S2. The lowest BCUT2D eigenvalue weighted by molar-refractivity contribution is -0.0504. The summed E-state index contributed by atoms with van der Waals surface area (Å²) in [6.07, 6.45) is 2.80. The number of ether oxygens (including phenoxy) is 3. The summed E-state index contributed by atoms with van der Waals surface area (Å²) in [4.78, 5) is 0. The van der Waals surface area contributed by atoms with Gasteiger partial charge in [-0.2, -0.15) is 42.1 Å². The maximum Gasteiger partial charge on any atom is 0.387 e. The van der Waals surface area contributed by atoms with Crippen LogP contribution in [0.5, 0.6) is 17.2 Å². The summed E-state index contributed by atoms with van der Waals surface area (Å²) in [6.45, 7) is 2.36. The molecule has 0 radical (unpaired) electrons. The molecule has 3 aromatic heterocycles. The summed E-state index contributed by atoms with van der Waals surface area (Å²) >= 11 is 2.24. The average Bonchev–Trinajstić information content (AvgIpc) is 1.63. The number of aryl methyl sites for hydroxylation is 3. The Labute approximate surface area is 541 Å². The van der Waals surface area contributed by atoms with E-state index >= 15 is 0 Å². The van der Waals surface area contributed by atoms with Crippen LogP contribution < -0.4 is 30.4 Å². The van der Waals surface area contributed by atoms with Crippen LogP contribution >= 0.6 is 33.3 Å². The number of hydrogen-bond donors (Lipinski definition) is 3. The quantitative estimate of drug-likeness (QED) is 0.0333. The van der Waals surface area contributed by atoms with Crippen LogP contribution in [0.25, 0.3) is 55.2 Å². The number of aromatic nitrogens is 3. The van der Waals surface area contributed by atoms with Crippen LogP contribution in [-0.2, 0) is 38.7 Å². The third-order valence-electron chi connectivity index (χ3n) is 12.3. The van der Waals surface area contributed by atoms with Crippen molar-refractivity contribution < 1.29 is 57.4 Å². The molecule has 90 heavy (non-hydrogen) atoms. The van der Waals surface area contributed by atoms with Crippen molar-refractivity contribution >= 4 is 102 Å². The molecule has 0 atom stereocenters. The summed E-state index contributed by atoms with van der Waals surface area (Å²) in [5.41, 5.74) is 19.4. The summed E-state index contributed by atoms with van der Waals surface area (Å²) in [5, 5.41) is 30.4. The highest BCUT2D eigenvalue weighted by atomic mass is 127. The molecular weight excluding hydrogens is 1350 g/mol. The van der Waals surface area contributed by atoms with Crippen molar-refractivity contribution in [3.8, 4) is 58.0 Å². The summed E-state index contributed by atoms with van der Waals surface area (Å²) in [7, 11) is -1.80. The first-order valence-electron chi connectivity index (χ1n) is 26.2. The number of rotatable bonds is 17. The third kappa shape index (κ3) is 22.0. The van der Waals surface area contributed by atoms with Gasteiger partial charge in [0.15, 0.2) is 0 Å². The minimum absolute atomic E-state index is 0. The zero-order valence-electron chi connectivity index (χ0n) is 46.9. The molecule has 3 heterocycles. The first-order chi connectivity index (χ1) is 40.8. The number of nitrogens with zero attached hydrogens (tertiary/aromatic N) is 6. The first kappa shape index (κ1) is 79.7. The van der Waals surface area contributed by atoms with Crippen LogP contribution in [0.15, 0.2) is 134 Å². The summed E-state index contributed by atoms with van der Waals surface area (Å²) < 4.78 is 141. The number of nitrogens with two attached hydrogens (primary N) is 2. The number of nitrogens with one attached hydrogen (secondary N) is 1. The van der Waals surface area contributed by atoms with Crippen molar-refractivity contribution in [2.75, 3.05) is 27.7 Å². The predicted octanol–water partition coefficient (Wildman–Crippen LogP) is 17.9. The van der Waals surface area contributed by atoms with Gasteiger partial charge in [-0.05, 0) is 152 Å². The van der Waals surface area contributed by atoms with Crippen molar-refractivity contribution in [2.24, 2.45) is 0 Å². The third-order valence-corrected chi connectivity index (χ3v) is 15.9. The van der Waals surface area contributed by atoms with Crippen molar-refractivity contribution in [1.82, 2.24) is 13.7 Å². The number of nitrogen functional groups attached to an aromatic ring is 2. The van der Waals surface area contributed by atoms with Crippen LogP contribution in [-0.4, -0.2) is 61.9 Å². The number of anilines is 3. The van der Waals surface area contributed by atoms with Gasteiger partial charge in [0.25, 0.3) is 0 Å². The van der Waals surface area contributed by atoms with Crippen LogP contribution in [0, 0.1) is 37.6 Å². The van der Waals surface area contributed by atoms with Gasteiger partial charge in [0, 0.05) is 91.5 Å². The van der Waals surface area contributed by atoms with E-state index in [4.69, 9.17) is 27.4 Å². The van der Waals surface area contributed by atoms with Crippen LogP contribution in [0.1, 0.15) is 93.9 Å². The second-order valence-corrected chi connectivity index (χ2v) is 24.2. The topological polar surface area (TPSA) is 246 Å². The van der Waals surface area contributed by atoms with Gasteiger partial charge in [-0.25, -0.2) is 16.8 Å². The number of halogens is 8. The molecule has 0 aliphatic carbocycles. The van der Waals surface area contributed by atoms with E-state index in [9.17, 15) is 53.7 Å². The number of nitriles is 3. The minimum atomic E-state index is -3.41. The van der Waals surface area contributed by atoms with E-state index in [2.05, 4.69) is 59.7 Å². The Hall–Kier alpha value is -8.29. The standard InChI is InChI=1S/C21H21F2N3O3S.C18H15F2N3O.C12H10F2N2O.C6H6IN.C3H7ClO2S.4CH4/c1-3-11-30(27,28)25-15-7-5-14(6-8-15)20-18(13-24)17-10-9-16(29-21(22)23)12-19(17)26(20)4-2;1-2-23-16-9-13(24-18(19)20)7-8-14(16)15(10-21)17(23)11-3-5-12(22)6-4-11;1-2-16-7-8(6-15)10-4-3-9(5-11(10)16)17-12(13)14;7-5-1-3-6(8)4-2-5;1-2-3-7(4,5)6;;;;/h5-10,12,21,25H,3-4,11H2,1-2H3;3-9,18H,2,22H2,1H3;3-5,7,12H,2H2,1H3;1-4H,8H2;2-3H2,1H3;4*1H4. The van der Waals surface area contributed by atoms with Gasteiger partial charge in [-0.15, -0.1) is 0 Å².